The number of alkyl halides is 2. The molecule has 2 atom stereocenters. The van der Waals surface area contributed by atoms with Gasteiger partial charge in [0.25, 0.3) is 5.92 Å². The highest BCUT2D eigenvalue weighted by Gasteiger charge is 2.57. The van der Waals surface area contributed by atoms with Crippen molar-refractivity contribution in [3.8, 4) is 0 Å². The Balaban J connectivity index is 1.85. The molecule has 1 fully saturated rings. The van der Waals surface area contributed by atoms with E-state index in [1.54, 1.807) is 51.1 Å². The van der Waals surface area contributed by atoms with Gasteiger partial charge in [0, 0.05) is 0 Å². The molecule has 184 valence electrons. The van der Waals surface area contributed by atoms with E-state index in [-0.39, 0.29) is 23.6 Å². The second-order valence-electron chi connectivity index (χ2n) is 9.04. The molecule has 2 amide bonds. The van der Waals surface area contributed by atoms with Gasteiger partial charge in [-0.25, -0.2) is 22.8 Å². The van der Waals surface area contributed by atoms with Gasteiger partial charge in [-0.3, -0.25) is 4.90 Å². The summed E-state index contributed by atoms with van der Waals surface area (Å²) in [6.45, 7) is 3.65. The maximum absolute atomic E-state index is 15.1. The number of alkyl carbamates (subject to hydrolysis) is 1. The zero-order valence-electron chi connectivity index (χ0n) is 19.0. The minimum absolute atomic E-state index is 0.0215. The molecule has 1 aliphatic heterocycles. The van der Waals surface area contributed by atoms with Crippen LogP contribution < -0.4 is 5.32 Å². The molecule has 0 saturated carbocycles. The van der Waals surface area contributed by atoms with Crippen molar-refractivity contribution in [3.05, 3.63) is 70.5 Å². The van der Waals surface area contributed by atoms with Crippen LogP contribution in [0.3, 0.4) is 0 Å². The van der Waals surface area contributed by atoms with Gasteiger partial charge in [-0.2, -0.15) is 0 Å². The lowest BCUT2D eigenvalue weighted by Crippen LogP contribution is -2.52. The fraction of sp³-hybridized carbons (Fsp3) is 0.417. The van der Waals surface area contributed by atoms with E-state index in [9.17, 15) is 14.0 Å². The predicted octanol–water partition coefficient (Wildman–Crippen LogP) is 5.57. The fourth-order valence-corrected chi connectivity index (χ4v) is 3.87. The highest BCUT2D eigenvalue weighted by molar-refractivity contribution is 6.30. The molecule has 0 bridgehead atoms. The number of halogens is 4. The van der Waals surface area contributed by atoms with Crippen LogP contribution in [0.5, 0.6) is 0 Å². The first-order valence-corrected chi connectivity index (χ1v) is 11.0. The summed E-state index contributed by atoms with van der Waals surface area (Å²) in [7, 11) is 0. The van der Waals surface area contributed by atoms with E-state index in [0.29, 0.717) is 5.56 Å². The molecule has 6 nitrogen and oxygen atoms in total. The number of carbonyl (C=O) groups is 2. The zero-order valence-corrected chi connectivity index (χ0v) is 19.7. The van der Waals surface area contributed by atoms with Crippen LogP contribution >= 0.6 is 11.6 Å². The fourth-order valence-electron chi connectivity index (χ4n) is 3.68. The standard InChI is InChI=1S/C24H26ClF3N2O4/c1-23(2,3)34-22(32)30-14-24(27,28)20(18(30)12-16-10-7-11-17(25)19(16)26)29-21(31)33-13-15-8-5-4-6-9-15/h4-11,18,20H,12-14H2,1-3H3,(H,29,31)/t18-,20+/m0/s1. The molecular formula is C24H26ClF3N2O4. The van der Waals surface area contributed by atoms with E-state index in [0.717, 1.165) is 4.90 Å². The Morgan fingerprint density at radius 3 is 2.47 bits per heavy atom. The Hall–Kier alpha value is -2.94. The van der Waals surface area contributed by atoms with Crippen molar-refractivity contribution in [1.82, 2.24) is 10.2 Å². The zero-order chi connectivity index (χ0) is 25.1. The van der Waals surface area contributed by atoms with Gasteiger partial charge in [0.15, 0.2) is 0 Å². The molecule has 0 aromatic heterocycles. The Bertz CT molecular complexity index is 1030. The molecule has 0 spiro atoms. The van der Waals surface area contributed by atoms with E-state index in [1.165, 1.54) is 18.2 Å². The van der Waals surface area contributed by atoms with Crippen LogP contribution in [-0.4, -0.2) is 47.2 Å². The average Bonchev–Trinajstić information content (AvgIpc) is 3.00. The number of benzene rings is 2. The second-order valence-corrected chi connectivity index (χ2v) is 9.44. The summed E-state index contributed by atoms with van der Waals surface area (Å²) in [6.07, 6.45) is -2.41. The number of ether oxygens (including phenoxy) is 2. The van der Waals surface area contributed by atoms with Crippen molar-refractivity contribution in [2.45, 2.75) is 57.4 Å². The lowest BCUT2D eigenvalue weighted by molar-refractivity contribution is -0.0168. The third-order valence-electron chi connectivity index (χ3n) is 5.20. The predicted molar refractivity (Wildman–Crippen MR) is 120 cm³/mol. The molecule has 0 unspecified atom stereocenters. The minimum atomic E-state index is -3.53. The van der Waals surface area contributed by atoms with Crippen molar-refractivity contribution < 1.29 is 32.2 Å². The quantitative estimate of drug-likeness (QED) is 0.585. The summed E-state index contributed by atoms with van der Waals surface area (Å²) in [4.78, 5) is 26.0. The Kier molecular flexibility index (Phi) is 7.65. The van der Waals surface area contributed by atoms with Gasteiger partial charge in [0.05, 0.1) is 17.6 Å². The second kappa shape index (κ2) is 10.1. The molecule has 2 aromatic carbocycles. The number of nitrogens with one attached hydrogen (secondary N) is 1. The van der Waals surface area contributed by atoms with Crippen LogP contribution in [0, 0.1) is 5.82 Å². The van der Waals surface area contributed by atoms with E-state index < -0.39 is 48.2 Å². The monoisotopic (exact) mass is 498 g/mol. The maximum atomic E-state index is 15.1. The first kappa shape index (κ1) is 25.7. The van der Waals surface area contributed by atoms with Crippen molar-refractivity contribution in [2.24, 2.45) is 0 Å². The number of nitrogens with zero attached hydrogens (tertiary/aromatic N) is 1. The summed E-state index contributed by atoms with van der Waals surface area (Å²) >= 11 is 5.84. The lowest BCUT2D eigenvalue weighted by Gasteiger charge is -2.30. The normalized spacial score (nSPS) is 19.6. The van der Waals surface area contributed by atoms with Crippen LogP contribution in [-0.2, 0) is 22.5 Å². The number of likely N-dealkylation sites (tertiary alicyclic amines) is 1. The summed E-state index contributed by atoms with van der Waals surface area (Å²) < 4.78 is 55.1. The first-order chi connectivity index (χ1) is 15.9. The molecule has 0 aliphatic carbocycles. The molecule has 1 saturated heterocycles. The number of hydrogen-bond donors (Lipinski definition) is 1. The topological polar surface area (TPSA) is 67.9 Å². The van der Waals surface area contributed by atoms with Gasteiger partial charge in [-0.05, 0) is 44.4 Å². The molecule has 1 N–H and O–H groups in total. The Morgan fingerprint density at radius 2 is 1.82 bits per heavy atom. The van der Waals surface area contributed by atoms with Crippen LogP contribution in [0.1, 0.15) is 31.9 Å². The van der Waals surface area contributed by atoms with Gasteiger partial charge < -0.3 is 14.8 Å². The SMILES string of the molecule is CC(C)(C)OC(=O)N1CC(F)(F)[C@H](NC(=O)OCc2ccccc2)[C@@H]1Cc1cccc(Cl)c1F. The van der Waals surface area contributed by atoms with Crippen LogP contribution in [0.25, 0.3) is 0 Å². The number of carbonyl (C=O) groups excluding carboxylic acids is 2. The van der Waals surface area contributed by atoms with Crippen molar-refractivity contribution in [1.29, 1.82) is 0 Å². The Labute approximate surface area is 201 Å². The minimum Gasteiger partial charge on any atom is -0.445 e. The highest BCUT2D eigenvalue weighted by Crippen LogP contribution is 2.36. The smallest absolute Gasteiger partial charge is 0.410 e. The summed E-state index contributed by atoms with van der Waals surface area (Å²) in [5.41, 5.74) is -0.254. The van der Waals surface area contributed by atoms with E-state index in [2.05, 4.69) is 5.32 Å². The first-order valence-electron chi connectivity index (χ1n) is 10.6. The summed E-state index contributed by atoms with van der Waals surface area (Å²) in [6, 6.07) is 9.73. The Morgan fingerprint density at radius 1 is 1.15 bits per heavy atom. The van der Waals surface area contributed by atoms with E-state index in [4.69, 9.17) is 21.1 Å². The lowest BCUT2D eigenvalue weighted by atomic mass is 9.98. The van der Waals surface area contributed by atoms with Crippen molar-refractivity contribution in [2.75, 3.05) is 6.54 Å². The van der Waals surface area contributed by atoms with Crippen LogP contribution in [0.15, 0.2) is 48.5 Å². The van der Waals surface area contributed by atoms with Gasteiger partial charge in [-0.1, -0.05) is 54.1 Å². The summed E-state index contributed by atoms with van der Waals surface area (Å²) in [5, 5.41) is 1.99. The van der Waals surface area contributed by atoms with Crippen molar-refractivity contribution in [3.63, 3.8) is 0 Å². The molecule has 2 aromatic rings. The molecule has 0 radical (unpaired) electrons. The largest absolute Gasteiger partial charge is 0.445 e. The maximum Gasteiger partial charge on any atom is 0.410 e. The average molecular weight is 499 g/mol. The molecule has 34 heavy (non-hydrogen) atoms. The number of amides is 2. The number of rotatable bonds is 5. The van der Waals surface area contributed by atoms with Gasteiger partial charge in [0.2, 0.25) is 0 Å². The van der Waals surface area contributed by atoms with E-state index >= 15 is 8.78 Å². The third-order valence-corrected chi connectivity index (χ3v) is 5.49. The summed E-state index contributed by atoms with van der Waals surface area (Å²) in [5.74, 6) is -4.31. The van der Waals surface area contributed by atoms with Gasteiger partial charge >= 0.3 is 12.2 Å². The molecule has 1 aliphatic rings. The molecular weight excluding hydrogens is 473 g/mol. The molecule has 10 heteroatoms. The third kappa shape index (κ3) is 6.34. The van der Waals surface area contributed by atoms with Crippen LogP contribution in [0.4, 0.5) is 22.8 Å². The molecule has 3 rings (SSSR count). The van der Waals surface area contributed by atoms with Crippen molar-refractivity contribution >= 4 is 23.8 Å². The molecule has 1 heterocycles. The van der Waals surface area contributed by atoms with Crippen LogP contribution in [0.2, 0.25) is 5.02 Å². The van der Waals surface area contributed by atoms with E-state index in [1.807, 2.05) is 0 Å². The number of hydrogen-bond acceptors (Lipinski definition) is 4. The highest BCUT2D eigenvalue weighted by atomic mass is 35.5. The van der Waals surface area contributed by atoms with Gasteiger partial charge in [-0.15, -0.1) is 0 Å². The van der Waals surface area contributed by atoms with Gasteiger partial charge in [0.1, 0.15) is 24.1 Å².